The zero-order valence-electron chi connectivity index (χ0n) is 16.7. The molecule has 2 N–H and O–H groups in total. The van der Waals surface area contributed by atoms with E-state index in [9.17, 15) is 4.79 Å². The van der Waals surface area contributed by atoms with Gasteiger partial charge in [0, 0.05) is 46.3 Å². The van der Waals surface area contributed by atoms with Crippen molar-refractivity contribution in [3.05, 3.63) is 11.6 Å². The quantitative estimate of drug-likeness (QED) is 0.238. The molecule has 27 heavy (non-hydrogen) atoms. The van der Waals surface area contributed by atoms with Gasteiger partial charge in [0.1, 0.15) is 18.2 Å². The number of rotatable bonds is 8. The summed E-state index contributed by atoms with van der Waals surface area (Å²) in [5.41, 5.74) is 0. The number of ether oxygens (including phenoxy) is 1. The number of carbonyl (C=O) groups is 1. The Morgan fingerprint density at radius 3 is 2.93 bits per heavy atom. The Balaban J connectivity index is 0.00000364. The average molecular weight is 493 g/mol. The average Bonchev–Trinajstić information content (AvgIpc) is 2.98. The van der Waals surface area contributed by atoms with Gasteiger partial charge in [-0.15, -0.1) is 24.0 Å². The first kappa shape index (κ1) is 23.6. The van der Waals surface area contributed by atoms with Gasteiger partial charge in [-0.3, -0.25) is 4.79 Å². The maximum absolute atomic E-state index is 11.8. The third-order valence-corrected chi connectivity index (χ3v) is 4.14. The van der Waals surface area contributed by atoms with Gasteiger partial charge < -0.3 is 20.3 Å². The maximum atomic E-state index is 11.8. The van der Waals surface area contributed by atoms with Crippen LogP contribution < -0.4 is 10.6 Å². The van der Waals surface area contributed by atoms with Gasteiger partial charge in [-0.05, 0) is 26.7 Å². The van der Waals surface area contributed by atoms with Crippen LogP contribution in [0.5, 0.6) is 0 Å². The molecule has 1 aromatic rings. The zero-order valence-corrected chi connectivity index (χ0v) is 19.0. The number of likely N-dealkylation sites (N-methyl/N-ethyl adjacent to an activating group) is 1. The summed E-state index contributed by atoms with van der Waals surface area (Å²) in [5.74, 6) is 2.46. The van der Waals surface area contributed by atoms with Crippen molar-refractivity contribution in [2.45, 2.75) is 45.7 Å². The first-order valence-corrected chi connectivity index (χ1v) is 9.22. The molecule has 0 aromatic carbocycles. The van der Waals surface area contributed by atoms with Gasteiger partial charge in [0.25, 0.3) is 0 Å². The highest BCUT2D eigenvalue weighted by atomic mass is 127. The van der Waals surface area contributed by atoms with Gasteiger partial charge in [-0.25, -0.2) is 14.7 Å². The number of nitrogens with zero attached hydrogens (tertiary/aromatic N) is 5. The number of hydrogen-bond acceptors (Lipinski definition) is 5. The van der Waals surface area contributed by atoms with Crippen LogP contribution in [0.2, 0.25) is 0 Å². The molecular formula is C17H32IN7O2. The second-order valence-electron chi connectivity index (χ2n) is 6.57. The molecular weight excluding hydrogens is 461 g/mol. The topological polar surface area (TPSA) is 96.7 Å². The van der Waals surface area contributed by atoms with E-state index >= 15 is 0 Å². The summed E-state index contributed by atoms with van der Waals surface area (Å²) in [4.78, 5) is 22.3. The second kappa shape index (κ2) is 12.1. The lowest BCUT2D eigenvalue weighted by Gasteiger charge is -2.25. The van der Waals surface area contributed by atoms with Gasteiger partial charge in [0.05, 0.1) is 6.54 Å². The molecule has 10 heteroatoms. The van der Waals surface area contributed by atoms with E-state index in [1.807, 2.05) is 18.5 Å². The van der Waals surface area contributed by atoms with Crippen LogP contribution in [0.3, 0.4) is 0 Å². The SMILES string of the molecule is CCOCCCNC(=NCC(=O)N(C)C)NC1CCc2nc(C)nn2C1.I. The van der Waals surface area contributed by atoms with Crippen molar-refractivity contribution in [3.8, 4) is 0 Å². The summed E-state index contributed by atoms with van der Waals surface area (Å²) >= 11 is 0. The molecule has 0 saturated carbocycles. The molecule has 0 bridgehead atoms. The van der Waals surface area contributed by atoms with E-state index in [2.05, 4.69) is 25.7 Å². The van der Waals surface area contributed by atoms with Crippen LogP contribution in [-0.2, 0) is 22.5 Å². The van der Waals surface area contributed by atoms with Crippen LogP contribution in [0.4, 0.5) is 0 Å². The minimum atomic E-state index is -0.0294. The molecule has 154 valence electrons. The van der Waals surface area contributed by atoms with Crippen LogP contribution in [0.15, 0.2) is 4.99 Å². The smallest absolute Gasteiger partial charge is 0.243 e. The molecule has 0 aliphatic carbocycles. The van der Waals surface area contributed by atoms with E-state index in [4.69, 9.17) is 4.74 Å². The van der Waals surface area contributed by atoms with Crippen molar-refractivity contribution in [1.29, 1.82) is 0 Å². The van der Waals surface area contributed by atoms with E-state index in [1.165, 1.54) is 0 Å². The summed E-state index contributed by atoms with van der Waals surface area (Å²) < 4.78 is 7.31. The highest BCUT2D eigenvalue weighted by Crippen LogP contribution is 2.12. The number of amides is 1. The number of fused-ring (bicyclic) bond motifs is 1. The number of aliphatic imine (C=N–C) groups is 1. The number of hydrogen-bond donors (Lipinski definition) is 2. The summed E-state index contributed by atoms with van der Waals surface area (Å²) in [7, 11) is 3.46. The van der Waals surface area contributed by atoms with Gasteiger partial charge in [0.2, 0.25) is 5.91 Å². The minimum absolute atomic E-state index is 0. The fourth-order valence-electron chi connectivity index (χ4n) is 2.71. The Morgan fingerprint density at radius 1 is 1.44 bits per heavy atom. The monoisotopic (exact) mass is 493 g/mol. The van der Waals surface area contributed by atoms with Crippen molar-refractivity contribution < 1.29 is 9.53 Å². The van der Waals surface area contributed by atoms with Gasteiger partial charge in [-0.2, -0.15) is 5.10 Å². The molecule has 1 aromatic heterocycles. The Kier molecular flexibility index (Phi) is 10.6. The number of aromatic nitrogens is 3. The van der Waals surface area contributed by atoms with Crippen LogP contribution in [0, 0.1) is 6.92 Å². The normalized spacial score (nSPS) is 16.3. The van der Waals surface area contributed by atoms with Gasteiger partial charge in [-0.1, -0.05) is 0 Å². The predicted molar refractivity (Wildman–Crippen MR) is 116 cm³/mol. The molecule has 1 atom stereocenters. The first-order valence-electron chi connectivity index (χ1n) is 9.22. The van der Waals surface area contributed by atoms with Crippen molar-refractivity contribution in [3.63, 3.8) is 0 Å². The van der Waals surface area contributed by atoms with Crippen LogP contribution in [0.25, 0.3) is 0 Å². The van der Waals surface area contributed by atoms with Crippen LogP contribution in [0.1, 0.15) is 31.4 Å². The molecule has 1 amide bonds. The second-order valence-corrected chi connectivity index (χ2v) is 6.57. The Morgan fingerprint density at radius 2 is 2.22 bits per heavy atom. The van der Waals surface area contributed by atoms with Crippen molar-refractivity contribution >= 4 is 35.8 Å². The highest BCUT2D eigenvalue weighted by Gasteiger charge is 2.21. The van der Waals surface area contributed by atoms with Crippen molar-refractivity contribution in [2.75, 3.05) is 40.4 Å². The van der Waals surface area contributed by atoms with Crippen molar-refractivity contribution in [2.24, 2.45) is 4.99 Å². The summed E-state index contributed by atoms with van der Waals surface area (Å²) in [5, 5.41) is 11.2. The number of aryl methyl sites for hydroxylation is 2. The molecule has 0 fully saturated rings. The van der Waals surface area contributed by atoms with Gasteiger partial charge >= 0.3 is 0 Å². The molecule has 1 unspecified atom stereocenters. The van der Waals surface area contributed by atoms with Crippen LogP contribution >= 0.6 is 24.0 Å². The van der Waals surface area contributed by atoms with Gasteiger partial charge in [0.15, 0.2) is 5.96 Å². The molecule has 1 aliphatic heterocycles. The summed E-state index contributed by atoms with van der Waals surface area (Å²) in [6, 6.07) is 0.205. The highest BCUT2D eigenvalue weighted by molar-refractivity contribution is 14.0. The largest absolute Gasteiger partial charge is 0.382 e. The summed E-state index contributed by atoms with van der Waals surface area (Å²) in [6.07, 6.45) is 2.72. The predicted octanol–water partition coefficient (Wildman–Crippen LogP) is 0.569. The lowest BCUT2D eigenvalue weighted by atomic mass is 10.1. The molecule has 2 rings (SSSR count). The van der Waals surface area contributed by atoms with E-state index in [-0.39, 0.29) is 42.5 Å². The molecule has 1 aliphatic rings. The zero-order chi connectivity index (χ0) is 18.9. The van der Waals surface area contributed by atoms with E-state index in [0.29, 0.717) is 12.6 Å². The van der Waals surface area contributed by atoms with Crippen molar-refractivity contribution in [1.82, 2.24) is 30.3 Å². The standard InChI is InChI=1S/C17H31N7O2.HI/c1-5-26-10-6-9-18-17(19-11-16(25)23(3)4)21-14-7-8-15-20-13(2)22-24(15)12-14;/h14H,5-12H2,1-4H3,(H2,18,19,21);1H. The molecule has 0 saturated heterocycles. The lowest BCUT2D eigenvalue weighted by molar-refractivity contribution is -0.127. The number of guanidine groups is 1. The molecule has 9 nitrogen and oxygen atoms in total. The Bertz CT molecular complexity index is 618. The molecule has 0 radical (unpaired) electrons. The molecule has 0 spiro atoms. The van der Waals surface area contributed by atoms with Crippen LogP contribution in [-0.4, -0.2) is 78.0 Å². The Labute approximate surface area is 178 Å². The summed E-state index contributed by atoms with van der Waals surface area (Å²) in [6.45, 7) is 6.93. The fourth-order valence-corrected chi connectivity index (χ4v) is 2.71. The van der Waals surface area contributed by atoms with E-state index in [1.54, 1.807) is 19.0 Å². The third kappa shape index (κ3) is 7.99. The minimum Gasteiger partial charge on any atom is -0.382 e. The molecule has 2 heterocycles. The first-order chi connectivity index (χ1) is 12.5. The fraction of sp³-hybridized carbons (Fsp3) is 0.765. The number of halogens is 1. The Hall–Kier alpha value is -1.43. The third-order valence-electron chi connectivity index (χ3n) is 4.14. The van der Waals surface area contributed by atoms with E-state index in [0.717, 1.165) is 50.6 Å². The lowest BCUT2D eigenvalue weighted by Crippen LogP contribution is -2.47. The number of carbonyl (C=O) groups excluding carboxylic acids is 1. The van der Waals surface area contributed by atoms with E-state index < -0.39 is 0 Å². The maximum Gasteiger partial charge on any atom is 0.243 e. The number of nitrogens with one attached hydrogen (secondary N) is 2.